The van der Waals surface area contributed by atoms with Crippen LogP contribution in [0.5, 0.6) is 0 Å². The van der Waals surface area contributed by atoms with E-state index in [1.807, 2.05) is 43.3 Å². The maximum Gasteiger partial charge on any atom is 0.329 e. The summed E-state index contributed by atoms with van der Waals surface area (Å²) < 4.78 is 3.67. The van der Waals surface area contributed by atoms with Crippen molar-refractivity contribution in [2.45, 2.75) is 13.5 Å². The normalized spacial score (nSPS) is 12.0. The first kappa shape index (κ1) is 19.6. The van der Waals surface area contributed by atoms with Crippen molar-refractivity contribution in [3.8, 4) is 0 Å². The minimum absolute atomic E-state index is 0.270. The Labute approximate surface area is 169 Å². The average Bonchev–Trinajstić information content (AvgIpc) is 2.99. The summed E-state index contributed by atoms with van der Waals surface area (Å²) in [5.41, 5.74) is 4.21. The van der Waals surface area contributed by atoms with Crippen LogP contribution in [0.3, 0.4) is 0 Å². The van der Waals surface area contributed by atoms with Gasteiger partial charge in [-0.3, -0.25) is 18.9 Å². The van der Waals surface area contributed by atoms with Gasteiger partial charge in [0.1, 0.15) is 0 Å². The summed E-state index contributed by atoms with van der Waals surface area (Å²) in [7, 11) is 1.55. The third-order valence-electron chi connectivity index (χ3n) is 3.89. The Bertz CT molecular complexity index is 1200. The van der Waals surface area contributed by atoms with Gasteiger partial charge in [0, 0.05) is 18.1 Å². The van der Waals surface area contributed by atoms with Crippen LogP contribution in [0, 0.1) is 0 Å². The van der Waals surface area contributed by atoms with Gasteiger partial charge >= 0.3 is 5.69 Å². The second-order valence-electron chi connectivity index (χ2n) is 6.28. The van der Waals surface area contributed by atoms with E-state index in [4.69, 9.17) is 0 Å². The van der Waals surface area contributed by atoms with E-state index in [2.05, 4.69) is 43.0 Å². The number of allylic oxidation sites excluding steroid dienone is 2. The van der Waals surface area contributed by atoms with Crippen molar-refractivity contribution in [2.75, 3.05) is 5.43 Å². The van der Waals surface area contributed by atoms with E-state index in [0.29, 0.717) is 12.5 Å². The molecule has 9 heteroatoms. The number of nitrogens with zero attached hydrogens (tertiary/aromatic N) is 4. The number of H-pyrrole nitrogens is 1. The molecule has 0 fully saturated rings. The lowest BCUT2D eigenvalue weighted by atomic mass is 10.2. The van der Waals surface area contributed by atoms with E-state index in [-0.39, 0.29) is 11.2 Å². The zero-order chi connectivity index (χ0) is 20.3. The first-order valence-electron chi connectivity index (χ1n) is 8.42. The molecule has 1 aromatic carbocycles. The molecule has 0 saturated heterocycles. The van der Waals surface area contributed by atoms with E-state index in [1.54, 1.807) is 17.8 Å². The van der Waals surface area contributed by atoms with Crippen LogP contribution in [0.25, 0.3) is 17.2 Å². The number of hydrogen-bond donors (Lipinski definition) is 2. The summed E-state index contributed by atoms with van der Waals surface area (Å²) in [6.07, 6.45) is 3.50. The molecule has 0 bridgehead atoms. The summed E-state index contributed by atoms with van der Waals surface area (Å²) in [6.45, 7) is 6.09. The molecule has 0 atom stereocenters. The number of fused-ring (bicyclic) bond motifs is 1. The van der Waals surface area contributed by atoms with Gasteiger partial charge in [-0.15, -0.1) is 0 Å². The number of hydrogen-bond acceptors (Lipinski definition) is 5. The largest absolute Gasteiger partial charge is 0.329 e. The fourth-order valence-electron chi connectivity index (χ4n) is 2.64. The van der Waals surface area contributed by atoms with Crippen LogP contribution in [0.4, 0.5) is 5.95 Å². The van der Waals surface area contributed by atoms with Crippen molar-refractivity contribution >= 4 is 45.3 Å². The van der Waals surface area contributed by atoms with Crippen molar-refractivity contribution in [3.05, 3.63) is 73.4 Å². The molecular formula is C19H19BrN6O2. The van der Waals surface area contributed by atoms with Gasteiger partial charge in [0.25, 0.3) is 5.56 Å². The van der Waals surface area contributed by atoms with Gasteiger partial charge in [0.2, 0.25) is 5.95 Å². The lowest BCUT2D eigenvalue weighted by Crippen LogP contribution is -2.29. The number of nitrogens with one attached hydrogen (secondary N) is 2. The van der Waals surface area contributed by atoms with Crippen LogP contribution in [-0.4, -0.2) is 25.3 Å². The number of imidazole rings is 1. The Balaban J connectivity index is 1.96. The maximum absolute atomic E-state index is 12.3. The first-order chi connectivity index (χ1) is 13.4. The molecule has 3 aromatic rings. The van der Waals surface area contributed by atoms with E-state index in [1.165, 1.54) is 4.57 Å². The van der Waals surface area contributed by atoms with Gasteiger partial charge in [-0.2, -0.15) is 10.1 Å². The van der Waals surface area contributed by atoms with Gasteiger partial charge in [-0.1, -0.05) is 42.5 Å². The zero-order valence-corrected chi connectivity index (χ0v) is 17.0. The second kappa shape index (κ2) is 8.22. The SMILES string of the molecule is C=C(C)Cn1c(N/N=C\C(Br)=C\c2ccccc2)nc2c1c(=O)[nH]c(=O)n2C. The highest BCUT2D eigenvalue weighted by Crippen LogP contribution is 2.17. The number of aryl methyl sites for hydroxylation is 1. The lowest BCUT2D eigenvalue weighted by Gasteiger charge is -2.07. The topological polar surface area (TPSA) is 97.1 Å². The molecule has 0 spiro atoms. The van der Waals surface area contributed by atoms with Crippen molar-refractivity contribution in [1.82, 2.24) is 19.1 Å². The van der Waals surface area contributed by atoms with Crippen molar-refractivity contribution in [2.24, 2.45) is 12.1 Å². The Morgan fingerprint density at radius 2 is 2.07 bits per heavy atom. The van der Waals surface area contributed by atoms with E-state index in [9.17, 15) is 9.59 Å². The number of hydrazone groups is 1. The molecule has 2 aromatic heterocycles. The molecule has 0 radical (unpaired) electrons. The summed E-state index contributed by atoms with van der Waals surface area (Å²) >= 11 is 3.44. The molecule has 0 amide bonds. The van der Waals surface area contributed by atoms with E-state index in [0.717, 1.165) is 15.6 Å². The minimum Gasteiger partial charge on any atom is -0.299 e. The third kappa shape index (κ3) is 4.20. The standard InChI is InChI=1S/C19H19BrN6O2/c1-12(2)11-26-15-16(25(3)19(28)23-17(15)27)22-18(26)24-21-10-14(20)9-13-7-5-4-6-8-13/h4-10H,1,11H2,2-3H3,(H,22,24)(H,23,27,28)/b14-9-,21-10-. The van der Waals surface area contributed by atoms with Gasteiger partial charge < -0.3 is 0 Å². The summed E-state index contributed by atoms with van der Waals surface area (Å²) in [5, 5.41) is 4.18. The molecule has 0 unspecified atom stereocenters. The van der Waals surface area contributed by atoms with Crippen LogP contribution >= 0.6 is 15.9 Å². The predicted molar refractivity (Wildman–Crippen MR) is 116 cm³/mol. The third-order valence-corrected chi connectivity index (χ3v) is 4.33. The zero-order valence-electron chi connectivity index (χ0n) is 15.4. The monoisotopic (exact) mass is 442 g/mol. The van der Waals surface area contributed by atoms with Crippen LogP contribution in [0.15, 0.2) is 61.7 Å². The molecule has 28 heavy (non-hydrogen) atoms. The highest BCUT2D eigenvalue weighted by molar-refractivity contribution is 9.12. The lowest BCUT2D eigenvalue weighted by molar-refractivity contribution is 0.800. The minimum atomic E-state index is -0.527. The fourth-order valence-corrected chi connectivity index (χ4v) is 3.01. The maximum atomic E-state index is 12.3. The number of anilines is 1. The van der Waals surface area contributed by atoms with E-state index < -0.39 is 11.2 Å². The molecule has 2 N–H and O–H groups in total. The van der Waals surface area contributed by atoms with Crippen LogP contribution < -0.4 is 16.7 Å². The second-order valence-corrected chi connectivity index (χ2v) is 7.19. The van der Waals surface area contributed by atoms with E-state index >= 15 is 0 Å². The molecule has 0 aliphatic carbocycles. The van der Waals surface area contributed by atoms with Crippen molar-refractivity contribution in [3.63, 3.8) is 0 Å². The van der Waals surface area contributed by atoms with Gasteiger partial charge in [0.15, 0.2) is 11.2 Å². The molecular weight excluding hydrogens is 424 g/mol. The number of aromatic amines is 1. The summed E-state index contributed by atoms with van der Waals surface area (Å²) in [6, 6.07) is 9.79. The van der Waals surface area contributed by atoms with Crippen LogP contribution in [0.2, 0.25) is 0 Å². The van der Waals surface area contributed by atoms with Crippen molar-refractivity contribution < 1.29 is 0 Å². The highest BCUT2D eigenvalue weighted by atomic mass is 79.9. The summed E-state index contributed by atoms with van der Waals surface area (Å²) in [5.74, 6) is 0.334. The quantitative estimate of drug-likeness (QED) is 0.348. The fraction of sp³-hybridized carbons (Fsp3) is 0.158. The molecule has 0 saturated carbocycles. The van der Waals surface area contributed by atoms with Gasteiger partial charge in [0.05, 0.1) is 6.21 Å². The van der Waals surface area contributed by atoms with Gasteiger partial charge in [-0.25, -0.2) is 10.2 Å². The smallest absolute Gasteiger partial charge is 0.299 e. The summed E-state index contributed by atoms with van der Waals surface area (Å²) in [4.78, 5) is 30.8. The highest BCUT2D eigenvalue weighted by Gasteiger charge is 2.17. The Hall–Kier alpha value is -3.20. The van der Waals surface area contributed by atoms with Crippen LogP contribution in [0.1, 0.15) is 12.5 Å². The molecule has 8 nitrogen and oxygen atoms in total. The number of rotatable bonds is 6. The molecule has 0 aliphatic rings. The molecule has 3 rings (SSSR count). The average molecular weight is 443 g/mol. The molecule has 144 valence electrons. The molecule has 0 aliphatic heterocycles. The number of benzene rings is 1. The number of aromatic nitrogens is 4. The number of halogens is 1. The Morgan fingerprint density at radius 1 is 1.36 bits per heavy atom. The van der Waals surface area contributed by atoms with Crippen molar-refractivity contribution in [1.29, 1.82) is 0 Å². The molecule has 2 heterocycles. The first-order valence-corrected chi connectivity index (χ1v) is 9.21. The van der Waals surface area contributed by atoms with Gasteiger partial charge in [-0.05, 0) is 34.5 Å². The predicted octanol–water partition coefficient (Wildman–Crippen LogP) is 2.83. The Kier molecular flexibility index (Phi) is 5.74. The van der Waals surface area contributed by atoms with Crippen LogP contribution in [-0.2, 0) is 13.6 Å². The Morgan fingerprint density at radius 3 is 2.75 bits per heavy atom.